The molecule has 1 heterocycles. The zero-order valence-corrected chi connectivity index (χ0v) is 18.9. The highest BCUT2D eigenvalue weighted by Crippen LogP contribution is 2.35. The van der Waals surface area contributed by atoms with Gasteiger partial charge in [-0.25, -0.2) is 9.37 Å². The van der Waals surface area contributed by atoms with Crippen molar-refractivity contribution in [2.75, 3.05) is 22.1 Å². The van der Waals surface area contributed by atoms with Crippen LogP contribution in [0.15, 0.2) is 42.9 Å². The molecule has 32 heavy (non-hydrogen) atoms. The van der Waals surface area contributed by atoms with Gasteiger partial charge in [0.2, 0.25) is 5.95 Å². The molecule has 0 bridgehead atoms. The number of hydrogen-bond donors (Lipinski definition) is 3. The molecule has 6 nitrogen and oxygen atoms in total. The Morgan fingerprint density at radius 2 is 1.97 bits per heavy atom. The van der Waals surface area contributed by atoms with E-state index in [0.29, 0.717) is 23.5 Å². The lowest BCUT2D eigenvalue weighted by atomic mass is 9.96. The van der Waals surface area contributed by atoms with Crippen LogP contribution in [0.4, 0.5) is 21.8 Å². The largest absolute Gasteiger partial charge is 0.396 e. The molecule has 2 atom stereocenters. The molecule has 2 saturated carbocycles. The second-order valence-electron chi connectivity index (χ2n) is 9.12. The van der Waals surface area contributed by atoms with E-state index in [2.05, 4.69) is 27.1 Å². The first-order chi connectivity index (χ1) is 15.5. The molecule has 0 radical (unpaired) electrons. The standard InChI is InChI=1S/C25H34FN5O/c1-17-15-27-25(29-20-8-4-3-5-9-20)30-24(17)31(21-13-12-19(14-21)16-32)18(2)28-23-11-7-6-10-22(23)26/h6-7,10-11,15,19-21,28,32H,2-5,8-9,12-14,16H2,1H3,(H,27,29,30)/t19-,21?/m0/s1. The Morgan fingerprint density at radius 1 is 1.19 bits per heavy atom. The molecular weight excluding hydrogens is 405 g/mol. The highest BCUT2D eigenvalue weighted by molar-refractivity contribution is 5.60. The van der Waals surface area contributed by atoms with Crippen LogP contribution < -0.4 is 15.5 Å². The fourth-order valence-corrected chi connectivity index (χ4v) is 4.92. The van der Waals surface area contributed by atoms with Gasteiger partial charge in [0.05, 0.1) is 5.69 Å². The summed E-state index contributed by atoms with van der Waals surface area (Å²) in [5.41, 5.74) is 1.31. The van der Waals surface area contributed by atoms with Crippen LogP contribution in [-0.2, 0) is 0 Å². The zero-order valence-electron chi connectivity index (χ0n) is 18.9. The summed E-state index contributed by atoms with van der Waals surface area (Å²) in [6.45, 7) is 6.42. The van der Waals surface area contributed by atoms with E-state index in [1.807, 2.05) is 13.1 Å². The van der Waals surface area contributed by atoms with Crippen molar-refractivity contribution in [3.05, 3.63) is 54.2 Å². The van der Waals surface area contributed by atoms with Gasteiger partial charge in [0, 0.05) is 30.5 Å². The molecule has 2 fully saturated rings. The van der Waals surface area contributed by atoms with Crippen LogP contribution in [-0.4, -0.2) is 33.8 Å². The summed E-state index contributed by atoms with van der Waals surface area (Å²) in [4.78, 5) is 11.5. The molecule has 1 aromatic heterocycles. The predicted octanol–water partition coefficient (Wildman–Crippen LogP) is 5.22. The minimum absolute atomic E-state index is 0.120. The smallest absolute Gasteiger partial charge is 0.224 e. The maximum atomic E-state index is 14.3. The van der Waals surface area contributed by atoms with Crippen molar-refractivity contribution in [1.29, 1.82) is 0 Å². The molecule has 3 N–H and O–H groups in total. The zero-order chi connectivity index (χ0) is 22.5. The van der Waals surface area contributed by atoms with Crippen molar-refractivity contribution in [3.8, 4) is 0 Å². The Labute approximate surface area is 190 Å². The third-order valence-corrected chi connectivity index (χ3v) is 6.69. The Balaban J connectivity index is 1.62. The fourth-order valence-electron chi connectivity index (χ4n) is 4.92. The summed E-state index contributed by atoms with van der Waals surface area (Å²) in [5, 5.41) is 16.4. The van der Waals surface area contributed by atoms with Crippen molar-refractivity contribution in [2.24, 2.45) is 5.92 Å². The molecule has 2 aromatic rings. The topological polar surface area (TPSA) is 73.3 Å². The van der Waals surface area contributed by atoms with E-state index >= 15 is 0 Å². The summed E-state index contributed by atoms with van der Waals surface area (Å²) < 4.78 is 14.3. The maximum absolute atomic E-state index is 14.3. The number of aryl methyl sites for hydroxylation is 1. The fraction of sp³-hybridized carbons (Fsp3) is 0.520. The number of anilines is 3. The van der Waals surface area contributed by atoms with E-state index in [4.69, 9.17) is 4.98 Å². The molecule has 1 aromatic carbocycles. The maximum Gasteiger partial charge on any atom is 0.224 e. The molecule has 2 aliphatic carbocycles. The van der Waals surface area contributed by atoms with Crippen molar-refractivity contribution >= 4 is 17.5 Å². The van der Waals surface area contributed by atoms with E-state index < -0.39 is 0 Å². The second kappa shape index (κ2) is 10.3. The first-order valence-corrected chi connectivity index (χ1v) is 11.8. The number of aromatic nitrogens is 2. The quantitative estimate of drug-likeness (QED) is 0.524. The van der Waals surface area contributed by atoms with Crippen molar-refractivity contribution in [2.45, 2.75) is 70.4 Å². The highest BCUT2D eigenvalue weighted by atomic mass is 19.1. The number of nitrogens with zero attached hydrogens (tertiary/aromatic N) is 3. The van der Waals surface area contributed by atoms with Crippen LogP contribution in [0, 0.1) is 18.7 Å². The lowest BCUT2D eigenvalue weighted by Gasteiger charge is -2.34. The molecule has 0 amide bonds. The van der Waals surface area contributed by atoms with Gasteiger partial charge >= 0.3 is 0 Å². The van der Waals surface area contributed by atoms with Gasteiger partial charge in [-0.2, -0.15) is 4.98 Å². The summed E-state index contributed by atoms with van der Waals surface area (Å²) in [5.74, 6) is 1.90. The third-order valence-electron chi connectivity index (χ3n) is 6.69. The lowest BCUT2D eigenvalue weighted by molar-refractivity contribution is 0.228. The summed E-state index contributed by atoms with van der Waals surface area (Å²) >= 11 is 0. The van der Waals surface area contributed by atoms with Gasteiger partial charge in [-0.05, 0) is 57.1 Å². The Hall–Kier alpha value is -2.67. The number of benzene rings is 1. The number of halogens is 1. The predicted molar refractivity (Wildman–Crippen MR) is 127 cm³/mol. The second-order valence-corrected chi connectivity index (χ2v) is 9.12. The van der Waals surface area contributed by atoms with Gasteiger partial charge in [-0.1, -0.05) is 38.0 Å². The average Bonchev–Trinajstić information content (AvgIpc) is 3.27. The van der Waals surface area contributed by atoms with Crippen LogP contribution in [0.1, 0.15) is 56.9 Å². The van der Waals surface area contributed by atoms with E-state index in [9.17, 15) is 9.50 Å². The minimum Gasteiger partial charge on any atom is -0.396 e. The molecule has 1 unspecified atom stereocenters. The minimum atomic E-state index is -0.327. The Morgan fingerprint density at radius 3 is 2.69 bits per heavy atom. The van der Waals surface area contributed by atoms with Gasteiger partial charge in [0.15, 0.2) is 0 Å². The van der Waals surface area contributed by atoms with E-state index in [0.717, 1.165) is 43.5 Å². The van der Waals surface area contributed by atoms with Gasteiger partial charge < -0.3 is 20.6 Å². The van der Waals surface area contributed by atoms with E-state index in [1.165, 1.54) is 25.3 Å². The Kier molecular flexibility index (Phi) is 7.25. The van der Waals surface area contributed by atoms with Crippen LogP contribution in [0.25, 0.3) is 0 Å². The molecule has 4 rings (SSSR count). The van der Waals surface area contributed by atoms with Gasteiger partial charge in [0.25, 0.3) is 0 Å². The third kappa shape index (κ3) is 5.21. The van der Waals surface area contributed by atoms with Crippen LogP contribution in [0.2, 0.25) is 0 Å². The van der Waals surface area contributed by atoms with Crippen LogP contribution >= 0.6 is 0 Å². The summed E-state index contributed by atoms with van der Waals surface area (Å²) in [7, 11) is 0. The first-order valence-electron chi connectivity index (χ1n) is 11.8. The number of hydrogen-bond acceptors (Lipinski definition) is 6. The molecule has 7 heteroatoms. The van der Waals surface area contributed by atoms with E-state index in [-0.39, 0.29) is 24.4 Å². The Bertz CT molecular complexity index is 930. The number of para-hydroxylation sites is 1. The molecule has 172 valence electrons. The van der Waals surface area contributed by atoms with Gasteiger partial charge in [-0.15, -0.1) is 0 Å². The molecule has 0 spiro atoms. The average molecular weight is 440 g/mol. The van der Waals surface area contributed by atoms with Crippen molar-refractivity contribution in [1.82, 2.24) is 9.97 Å². The lowest BCUT2D eigenvalue weighted by Crippen LogP contribution is -2.37. The summed E-state index contributed by atoms with van der Waals surface area (Å²) in [6.07, 6.45) is 10.6. The molecule has 2 aliphatic rings. The van der Waals surface area contributed by atoms with Gasteiger partial charge in [0.1, 0.15) is 17.5 Å². The van der Waals surface area contributed by atoms with Crippen LogP contribution in [0.5, 0.6) is 0 Å². The molecule has 0 aliphatic heterocycles. The number of rotatable bonds is 8. The highest BCUT2D eigenvalue weighted by Gasteiger charge is 2.32. The molecule has 0 saturated heterocycles. The van der Waals surface area contributed by atoms with Gasteiger partial charge in [-0.3, -0.25) is 0 Å². The molecular formula is C25H34FN5O. The monoisotopic (exact) mass is 439 g/mol. The number of aliphatic hydroxyl groups excluding tert-OH is 1. The number of nitrogens with one attached hydrogen (secondary N) is 2. The number of aliphatic hydroxyl groups is 1. The summed E-state index contributed by atoms with van der Waals surface area (Å²) in [6, 6.07) is 7.11. The van der Waals surface area contributed by atoms with Crippen molar-refractivity contribution < 1.29 is 9.50 Å². The van der Waals surface area contributed by atoms with Crippen molar-refractivity contribution in [3.63, 3.8) is 0 Å². The normalized spacial score (nSPS) is 21.3. The van der Waals surface area contributed by atoms with E-state index in [1.54, 1.807) is 18.2 Å². The SMILES string of the molecule is C=C(Nc1ccccc1F)N(c1nc(NC2CCCCC2)ncc1C)C1CC[C@H](CO)C1. The van der Waals surface area contributed by atoms with Crippen LogP contribution in [0.3, 0.4) is 0 Å². The first kappa shape index (κ1) is 22.5.